The number of aromatic nitrogens is 2. The predicted molar refractivity (Wildman–Crippen MR) is 201 cm³/mol. The van der Waals surface area contributed by atoms with Crippen molar-refractivity contribution in [3.05, 3.63) is 137 Å². The Hall–Kier alpha value is -5.73. The Morgan fingerprint density at radius 3 is 2.36 bits per heavy atom. The number of thioether (sulfide) groups is 1. The van der Waals surface area contributed by atoms with Crippen LogP contribution in [0.5, 0.6) is 0 Å². The molecule has 0 bridgehead atoms. The van der Waals surface area contributed by atoms with E-state index in [2.05, 4.69) is 31.5 Å². The molecule has 2 aliphatic heterocycles. The lowest BCUT2D eigenvalue weighted by molar-refractivity contribution is -0.672. The molecule has 1 unspecified atom stereocenters. The Bertz CT molecular complexity index is 2180. The summed E-state index contributed by atoms with van der Waals surface area (Å²) in [6, 6.07) is 21.4. The van der Waals surface area contributed by atoms with Crippen LogP contribution in [-0.2, 0) is 57.0 Å². The molecule has 0 radical (unpaired) electrons. The van der Waals surface area contributed by atoms with Gasteiger partial charge >= 0.3 is 5.97 Å². The highest BCUT2D eigenvalue weighted by Gasteiger charge is 2.54. The number of pyridine rings is 1. The Balaban J connectivity index is 0.000000895. The van der Waals surface area contributed by atoms with E-state index in [1.165, 1.54) is 16.7 Å². The van der Waals surface area contributed by atoms with Crippen LogP contribution in [0.2, 0.25) is 0 Å². The number of aryl methyl sites for hydroxylation is 1. The summed E-state index contributed by atoms with van der Waals surface area (Å²) < 4.78 is 39.0. The highest BCUT2D eigenvalue weighted by atomic mass is 32.3. The Morgan fingerprint density at radius 2 is 1.78 bits per heavy atom. The number of carbonyl (C=O) groups is 4. The van der Waals surface area contributed by atoms with Crippen LogP contribution >= 0.6 is 23.1 Å². The van der Waals surface area contributed by atoms with Crippen LogP contribution in [0.25, 0.3) is 0 Å². The van der Waals surface area contributed by atoms with Gasteiger partial charge in [0, 0.05) is 17.2 Å². The molecule has 4 heterocycles. The SMILES string of the molecule is C=CC1=C(C(=O)OC(c2ccccc2)c2ccccc2)N2C(=O)C(NC(=O)C(=NOCc3ccc[n+](C)c3)c3csc(NC=O)n3)[C@@H]2SC1.COS(=O)(=O)[O-]. The van der Waals surface area contributed by atoms with E-state index in [1.54, 1.807) is 11.5 Å². The minimum Gasteiger partial charge on any atom is -0.726 e. The molecule has 1 saturated heterocycles. The van der Waals surface area contributed by atoms with E-state index in [4.69, 9.17) is 9.57 Å². The van der Waals surface area contributed by atoms with Crippen molar-refractivity contribution < 1.29 is 50.5 Å². The Morgan fingerprint density at radius 1 is 1.13 bits per heavy atom. The normalized spacial score (nSPS) is 16.5. The second kappa shape index (κ2) is 18.5. The van der Waals surface area contributed by atoms with E-state index in [-0.39, 0.29) is 28.8 Å². The van der Waals surface area contributed by atoms with Crippen molar-refractivity contribution >= 4 is 68.5 Å². The first kappa shape index (κ1) is 40.5. The van der Waals surface area contributed by atoms with E-state index in [1.807, 2.05) is 96.8 Å². The summed E-state index contributed by atoms with van der Waals surface area (Å²) in [7, 11) is -1.74. The number of rotatable bonds is 14. The zero-order valence-corrected chi connectivity index (χ0v) is 31.7. The number of hydrogen-bond acceptors (Lipinski definition) is 14. The number of nitrogens with zero attached hydrogens (tertiary/aromatic N) is 4. The molecule has 286 valence electrons. The van der Waals surface area contributed by atoms with E-state index in [0.717, 1.165) is 35.1 Å². The van der Waals surface area contributed by atoms with Gasteiger partial charge in [0.25, 0.3) is 11.8 Å². The van der Waals surface area contributed by atoms with Gasteiger partial charge in [-0.3, -0.25) is 23.5 Å². The van der Waals surface area contributed by atoms with Gasteiger partial charge in [-0.15, -0.1) is 23.1 Å². The number of hydrogen-bond donors (Lipinski definition) is 2. The molecule has 2 aliphatic rings. The third kappa shape index (κ3) is 10.3. The van der Waals surface area contributed by atoms with Gasteiger partial charge in [0.2, 0.25) is 16.8 Å². The monoisotopic (exact) mass is 806 g/mol. The van der Waals surface area contributed by atoms with E-state index >= 15 is 0 Å². The van der Waals surface area contributed by atoms with Crippen LogP contribution < -0.4 is 15.2 Å². The molecule has 0 aliphatic carbocycles. The smallest absolute Gasteiger partial charge is 0.356 e. The van der Waals surface area contributed by atoms with Crippen LogP contribution in [0.4, 0.5) is 5.13 Å². The van der Waals surface area contributed by atoms with Gasteiger partial charge in [-0.25, -0.2) is 22.8 Å². The number of esters is 1. The minimum atomic E-state index is -4.41. The van der Waals surface area contributed by atoms with Crippen molar-refractivity contribution in [2.75, 3.05) is 18.2 Å². The molecular weight excluding hydrogens is 773 g/mol. The van der Waals surface area contributed by atoms with Crippen LogP contribution in [0.15, 0.2) is 120 Å². The lowest BCUT2D eigenvalue weighted by Crippen LogP contribution is -2.71. The molecule has 2 aromatic carbocycles. The third-order valence-electron chi connectivity index (χ3n) is 7.89. The molecule has 19 heteroatoms. The maximum absolute atomic E-state index is 13.9. The van der Waals surface area contributed by atoms with E-state index in [9.17, 15) is 32.1 Å². The number of thiazole rings is 1. The standard InChI is InChI=1S/C35H30N6O6S2.CH4O4S/c1-3-23-19-48-33-28(32(44)41(33)29(23)34(45)47-30(24-12-6-4-7-13-24)25-14-8-5-9-15-25)38-31(43)27(26-20-49-35(37-26)36-21-42)39-46-18-22-11-10-16-40(2)17-22;1-5-6(2,3)4/h3-17,20-21,28,30,33H,1,18-19H2,2H3,(H-,36,37,38,42,43);1H3,(H,2,3,4)/t28?,33-;/m0./s1. The van der Waals surface area contributed by atoms with Crippen molar-refractivity contribution in [1.82, 2.24) is 15.2 Å². The molecule has 0 saturated carbocycles. The number of allylic oxidation sites excluding steroid dienone is 1. The first-order chi connectivity index (χ1) is 26.4. The summed E-state index contributed by atoms with van der Waals surface area (Å²) in [6.07, 6.45) is 5.02. The second-order valence-electron chi connectivity index (χ2n) is 11.5. The fourth-order valence-electron chi connectivity index (χ4n) is 5.36. The third-order valence-corrected chi connectivity index (χ3v) is 10.4. The molecule has 4 aromatic rings. The molecule has 16 nitrogen and oxygen atoms in total. The summed E-state index contributed by atoms with van der Waals surface area (Å²) in [5.74, 6) is -1.53. The fraction of sp³-hybridized carbons (Fsp3) is 0.194. The average molecular weight is 807 g/mol. The molecule has 3 amide bonds. The van der Waals surface area contributed by atoms with Crippen LogP contribution in [0.3, 0.4) is 0 Å². The van der Waals surface area contributed by atoms with Gasteiger partial charge in [-0.2, -0.15) is 0 Å². The lowest BCUT2D eigenvalue weighted by atomic mass is 10.0. The maximum Gasteiger partial charge on any atom is 0.356 e. The van der Waals surface area contributed by atoms with Gasteiger partial charge in [0.15, 0.2) is 29.3 Å². The summed E-state index contributed by atoms with van der Waals surface area (Å²) >= 11 is 2.48. The van der Waals surface area contributed by atoms with Crippen molar-refractivity contribution in [2.24, 2.45) is 12.2 Å². The van der Waals surface area contributed by atoms with Gasteiger partial charge in [0.1, 0.15) is 36.5 Å². The summed E-state index contributed by atoms with van der Waals surface area (Å²) in [6.45, 7) is 3.93. The van der Waals surface area contributed by atoms with Crippen molar-refractivity contribution in [1.29, 1.82) is 0 Å². The van der Waals surface area contributed by atoms with Gasteiger partial charge < -0.3 is 24.8 Å². The molecule has 2 aromatic heterocycles. The topological polar surface area (TPSA) is 210 Å². The number of nitrogens with one attached hydrogen (secondary N) is 2. The number of carbonyl (C=O) groups excluding carboxylic acids is 4. The Kier molecular flexibility index (Phi) is 13.6. The number of ether oxygens (including phenoxy) is 1. The zero-order valence-electron chi connectivity index (χ0n) is 29.3. The van der Waals surface area contributed by atoms with Crippen LogP contribution in [-0.4, -0.2) is 77.0 Å². The number of β-lactam (4-membered cyclic amide) rings is 1. The zero-order chi connectivity index (χ0) is 39.5. The Labute approximate surface area is 324 Å². The molecular formula is C36H34N6O10S3. The molecule has 1 fully saturated rings. The first-order valence-corrected chi connectivity index (χ1v) is 19.4. The van der Waals surface area contributed by atoms with Gasteiger partial charge in [0.05, 0.1) is 12.7 Å². The van der Waals surface area contributed by atoms with Crippen molar-refractivity contribution in [3.63, 3.8) is 0 Å². The number of anilines is 1. The predicted octanol–water partition coefficient (Wildman–Crippen LogP) is 2.72. The largest absolute Gasteiger partial charge is 0.726 e. The van der Waals surface area contributed by atoms with Crippen LogP contribution in [0.1, 0.15) is 28.5 Å². The fourth-order valence-corrected chi connectivity index (χ4v) is 7.35. The number of amides is 3. The molecule has 2 N–H and O–H groups in total. The number of fused-ring (bicyclic) bond motifs is 1. The second-order valence-corrected chi connectivity index (χ2v) is 14.6. The quantitative estimate of drug-likeness (QED) is 0.0276. The molecule has 55 heavy (non-hydrogen) atoms. The first-order valence-electron chi connectivity index (χ1n) is 16.2. The average Bonchev–Trinajstić information content (AvgIpc) is 3.65. The summed E-state index contributed by atoms with van der Waals surface area (Å²) in [4.78, 5) is 63.4. The van der Waals surface area contributed by atoms with Crippen molar-refractivity contribution in [3.8, 4) is 0 Å². The molecule has 2 atom stereocenters. The number of oxime groups is 1. The number of benzene rings is 2. The maximum atomic E-state index is 13.9. The summed E-state index contributed by atoms with van der Waals surface area (Å²) in [5.41, 5.74) is 2.95. The van der Waals surface area contributed by atoms with Crippen molar-refractivity contribution in [2.45, 2.75) is 24.1 Å². The van der Waals surface area contributed by atoms with Gasteiger partial charge in [-0.1, -0.05) is 78.5 Å². The molecule has 0 spiro atoms. The van der Waals surface area contributed by atoms with Crippen LogP contribution in [0, 0.1) is 0 Å². The van der Waals surface area contributed by atoms with E-state index in [0.29, 0.717) is 17.7 Å². The minimum absolute atomic E-state index is 0.0667. The molecule has 6 rings (SSSR count). The highest BCUT2D eigenvalue weighted by Crippen LogP contribution is 2.42. The highest BCUT2D eigenvalue weighted by molar-refractivity contribution is 8.00. The summed E-state index contributed by atoms with van der Waals surface area (Å²) in [5, 5.41) is 10.5. The lowest BCUT2D eigenvalue weighted by Gasteiger charge is -2.49. The van der Waals surface area contributed by atoms with Gasteiger partial charge in [-0.05, 0) is 22.8 Å². The van der Waals surface area contributed by atoms with E-state index < -0.39 is 45.7 Å².